The van der Waals surface area contributed by atoms with E-state index >= 15 is 0 Å². The molecule has 0 aliphatic heterocycles. The molecular weight excluding hydrogens is 298 g/mol. The van der Waals surface area contributed by atoms with Gasteiger partial charge in [0.05, 0.1) is 16.3 Å². The van der Waals surface area contributed by atoms with Crippen LogP contribution in [0.1, 0.15) is 0 Å². The number of hydrogen-bond acceptors (Lipinski definition) is 7. The minimum absolute atomic E-state index is 0.0535. The molecule has 21 heavy (non-hydrogen) atoms. The number of nitro benzene ring substituents is 1. The smallest absolute Gasteiger partial charge is 0.281 e. The molecule has 0 aliphatic carbocycles. The minimum Gasteiger partial charge on any atom is -0.321 e. The van der Waals surface area contributed by atoms with Crippen LogP contribution in [-0.2, 0) is 10.0 Å². The van der Waals surface area contributed by atoms with Crippen molar-refractivity contribution in [1.29, 1.82) is 0 Å². The Morgan fingerprint density at radius 1 is 1.24 bits per heavy atom. The third-order valence-corrected chi connectivity index (χ3v) is 3.83. The highest BCUT2D eigenvalue weighted by Gasteiger charge is 2.20. The van der Waals surface area contributed by atoms with Crippen molar-refractivity contribution in [3.8, 4) is 0 Å². The number of rotatable bonds is 5. The number of non-ortho nitro benzene ring substituents is 1. The van der Waals surface area contributed by atoms with Crippen molar-refractivity contribution in [2.24, 2.45) is 5.84 Å². The summed E-state index contributed by atoms with van der Waals surface area (Å²) in [5.41, 5.74) is 2.16. The van der Waals surface area contributed by atoms with E-state index in [0.29, 0.717) is 0 Å². The van der Waals surface area contributed by atoms with Gasteiger partial charge in [0.1, 0.15) is 0 Å². The molecule has 4 N–H and O–H groups in total. The van der Waals surface area contributed by atoms with E-state index in [-0.39, 0.29) is 22.1 Å². The van der Waals surface area contributed by atoms with Crippen molar-refractivity contribution in [3.05, 3.63) is 52.7 Å². The summed E-state index contributed by atoms with van der Waals surface area (Å²) in [6, 6.07) is 8.08. The second kappa shape index (κ2) is 5.73. The fraction of sp³-hybridized carbons (Fsp3) is 0. The number of nitrogen functional groups attached to an aromatic ring is 1. The summed E-state index contributed by atoms with van der Waals surface area (Å²) in [6.07, 6.45) is 1.29. The Hall–Kier alpha value is -2.72. The molecule has 0 atom stereocenters. The number of aromatic nitrogens is 1. The Morgan fingerprint density at radius 2 is 2.00 bits per heavy atom. The van der Waals surface area contributed by atoms with E-state index in [9.17, 15) is 18.5 Å². The summed E-state index contributed by atoms with van der Waals surface area (Å²) in [5, 5.41) is 10.4. The molecule has 0 fully saturated rings. The maximum absolute atomic E-state index is 12.2. The zero-order valence-corrected chi connectivity index (χ0v) is 11.4. The molecule has 0 aliphatic rings. The van der Waals surface area contributed by atoms with Gasteiger partial charge in [0.25, 0.3) is 15.7 Å². The second-order valence-electron chi connectivity index (χ2n) is 3.91. The average molecular weight is 309 g/mol. The van der Waals surface area contributed by atoms with Gasteiger partial charge < -0.3 is 5.43 Å². The van der Waals surface area contributed by atoms with Gasteiger partial charge in [-0.1, -0.05) is 6.07 Å². The molecule has 1 aromatic heterocycles. The summed E-state index contributed by atoms with van der Waals surface area (Å²) >= 11 is 0. The minimum atomic E-state index is -4.02. The first-order chi connectivity index (χ1) is 9.94. The molecule has 0 saturated carbocycles. The quantitative estimate of drug-likeness (QED) is 0.426. The Bertz CT molecular complexity index is 778. The highest BCUT2D eigenvalue weighted by molar-refractivity contribution is 7.92. The number of benzene rings is 1. The second-order valence-corrected chi connectivity index (χ2v) is 5.51. The molecule has 110 valence electrons. The normalized spacial score (nSPS) is 10.9. The number of nitrogens with two attached hydrogens (primary N) is 1. The van der Waals surface area contributed by atoms with E-state index in [1.54, 1.807) is 0 Å². The van der Waals surface area contributed by atoms with Crippen LogP contribution in [0.5, 0.6) is 0 Å². The molecule has 2 aromatic rings. The number of sulfonamides is 1. The average Bonchev–Trinajstić information content (AvgIpc) is 2.47. The van der Waals surface area contributed by atoms with Crippen molar-refractivity contribution in [1.82, 2.24) is 4.98 Å². The predicted octanol–water partition coefficient (Wildman–Crippen LogP) is 1.08. The molecule has 1 aromatic carbocycles. The van der Waals surface area contributed by atoms with Crippen LogP contribution in [0.25, 0.3) is 0 Å². The van der Waals surface area contributed by atoms with E-state index < -0.39 is 14.9 Å². The number of hydrogen-bond donors (Lipinski definition) is 3. The van der Waals surface area contributed by atoms with E-state index in [1.165, 1.54) is 36.5 Å². The molecule has 0 amide bonds. The third kappa shape index (κ3) is 3.24. The maximum Gasteiger partial charge on any atom is 0.281 e. The fourth-order valence-electron chi connectivity index (χ4n) is 1.60. The van der Waals surface area contributed by atoms with Gasteiger partial charge in [-0.2, -0.15) is 8.42 Å². The lowest BCUT2D eigenvalue weighted by Crippen LogP contribution is -2.18. The predicted molar refractivity (Wildman–Crippen MR) is 76.0 cm³/mol. The van der Waals surface area contributed by atoms with Crippen LogP contribution in [0.4, 0.5) is 17.1 Å². The van der Waals surface area contributed by atoms with Crippen LogP contribution in [0.3, 0.4) is 0 Å². The van der Waals surface area contributed by atoms with Gasteiger partial charge >= 0.3 is 0 Å². The van der Waals surface area contributed by atoms with Crippen LogP contribution < -0.4 is 16.0 Å². The highest BCUT2D eigenvalue weighted by atomic mass is 32.2. The fourth-order valence-corrected chi connectivity index (χ4v) is 2.75. The molecule has 0 saturated heterocycles. The first-order valence-corrected chi connectivity index (χ1v) is 7.11. The molecule has 0 bridgehead atoms. The van der Waals surface area contributed by atoms with Gasteiger partial charge in [0.2, 0.25) is 5.03 Å². The SMILES string of the molecule is NNc1cccnc1S(=O)(=O)Nc1cccc([N+](=O)[O-])c1. The van der Waals surface area contributed by atoms with Crippen LogP contribution in [0, 0.1) is 10.1 Å². The van der Waals surface area contributed by atoms with Crippen molar-refractivity contribution < 1.29 is 13.3 Å². The number of nitrogens with one attached hydrogen (secondary N) is 2. The maximum atomic E-state index is 12.2. The number of pyridine rings is 1. The number of nitro groups is 1. The summed E-state index contributed by atoms with van der Waals surface area (Å²) in [4.78, 5) is 13.8. The summed E-state index contributed by atoms with van der Waals surface area (Å²) < 4.78 is 26.7. The van der Waals surface area contributed by atoms with Crippen molar-refractivity contribution >= 4 is 27.1 Å². The summed E-state index contributed by atoms with van der Waals surface area (Å²) in [6.45, 7) is 0. The van der Waals surface area contributed by atoms with Crippen molar-refractivity contribution in [2.75, 3.05) is 10.1 Å². The van der Waals surface area contributed by atoms with Crippen LogP contribution in [0.15, 0.2) is 47.6 Å². The molecule has 0 radical (unpaired) electrons. The van der Waals surface area contributed by atoms with Crippen LogP contribution in [-0.4, -0.2) is 18.3 Å². The lowest BCUT2D eigenvalue weighted by atomic mass is 10.3. The van der Waals surface area contributed by atoms with Gasteiger partial charge in [-0.05, 0) is 18.2 Å². The highest BCUT2D eigenvalue weighted by Crippen LogP contribution is 2.23. The number of nitrogens with zero attached hydrogens (tertiary/aromatic N) is 2. The molecule has 9 nitrogen and oxygen atoms in total. The molecule has 2 rings (SSSR count). The van der Waals surface area contributed by atoms with Gasteiger partial charge in [0, 0.05) is 18.3 Å². The van der Waals surface area contributed by atoms with Gasteiger partial charge in [0.15, 0.2) is 0 Å². The first-order valence-electron chi connectivity index (χ1n) is 5.63. The van der Waals surface area contributed by atoms with Crippen molar-refractivity contribution in [3.63, 3.8) is 0 Å². The topological polar surface area (TPSA) is 140 Å². The van der Waals surface area contributed by atoms with E-state index in [0.717, 1.165) is 6.07 Å². The van der Waals surface area contributed by atoms with E-state index in [1.807, 2.05) is 0 Å². The summed E-state index contributed by atoms with van der Waals surface area (Å²) in [7, 11) is -4.02. The Labute approximate surface area is 120 Å². The van der Waals surface area contributed by atoms with Crippen molar-refractivity contribution in [2.45, 2.75) is 5.03 Å². The van der Waals surface area contributed by atoms with Crippen LogP contribution >= 0.6 is 0 Å². The third-order valence-electron chi connectivity index (χ3n) is 2.49. The largest absolute Gasteiger partial charge is 0.321 e. The Kier molecular flexibility index (Phi) is 4.00. The lowest BCUT2D eigenvalue weighted by molar-refractivity contribution is -0.384. The number of hydrazine groups is 1. The Balaban J connectivity index is 2.38. The molecule has 0 spiro atoms. The molecular formula is C11H11N5O4S. The monoisotopic (exact) mass is 309 g/mol. The van der Waals surface area contributed by atoms with Gasteiger partial charge in [-0.15, -0.1) is 0 Å². The van der Waals surface area contributed by atoms with Gasteiger partial charge in [-0.3, -0.25) is 20.7 Å². The molecule has 10 heteroatoms. The van der Waals surface area contributed by atoms with E-state index in [2.05, 4.69) is 15.1 Å². The zero-order chi connectivity index (χ0) is 15.5. The zero-order valence-electron chi connectivity index (χ0n) is 10.6. The summed E-state index contributed by atoms with van der Waals surface area (Å²) in [5.74, 6) is 5.23. The van der Waals surface area contributed by atoms with Crippen LogP contribution in [0.2, 0.25) is 0 Å². The van der Waals surface area contributed by atoms with E-state index in [4.69, 9.17) is 5.84 Å². The number of anilines is 2. The molecule has 1 heterocycles. The first kappa shape index (κ1) is 14.7. The Morgan fingerprint density at radius 3 is 2.67 bits per heavy atom. The van der Waals surface area contributed by atoms with Gasteiger partial charge in [-0.25, -0.2) is 4.98 Å². The molecule has 0 unspecified atom stereocenters. The lowest BCUT2D eigenvalue weighted by Gasteiger charge is -2.10. The standard InChI is InChI=1S/C11H11N5O4S/c12-14-10-5-2-6-13-11(10)21(19,20)15-8-3-1-4-9(7-8)16(17)18/h1-7,14-15H,12H2.